The van der Waals surface area contributed by atoms with Gasteiger partial charge in [-0.15, -0.1) is 0 Å². The predicted octanol–water partition coefficient (Wildman–Crippen LogP) is 2.37. The molecule has 0 amide bonds. The van der Waals surface area contributed by atoms with Gasteiger partial charge in [-0.1, -0.05) is 12.1 Å². The molecule has 2 rings (SSSR count). The molecule has 1 saturated heterocycles. The van der Waals surface area contributed by atoms with Gasteiger partial charge in [-0.25, -0.2) is 0 Å². The van der Waals surface area contributed by atoms with Crippen LogP contribution in [0, 0.1) is 0 Å². The second kappa shape index (κ2) is 8.52. The molecule has 1 aromatic carbocycles. The minimum atomic E-state index is -0.569. The molecule has 1 aliphatic rings. The summed E-state index contributed by atoms with van der Waals surface area (Å²) < 4.78 is 17.1. The van der Waals surface area contributed by atoms with Gasteiger partial charge in [0.15, 0.2) is 11.5 Å². The van der Waals surface area contributed by atoms with Gasteiger partial charge in [0.2, 0.25) is 0 Å². The van der Waals surface area contributed by atoms with E-state index in [0.29, 0.717) is 24.7 Å². The molecule has 1 heterocycles. The zero-order valence-corrected chi connectivity index (χ0v) is 14.4. The first-order chi connectivity index (χ1) is 10.9. The van der Waals surface area contributed by atoms with Crippen LogP contribution in [0.4, 0.5) is 0 Å². The van der Waals surface area contributed by atoms with Crippen molar-refractivity contribution >= 4 is 0 Å². The quantitative estimate of drug-likeness (QED) is 0.769. The lowest BCUT2D eigenvalue weighted by Crippen LogP contribution is -2.42. The highest BCUT2D eigenvalue weighted by Gasteiger charge is 2.17. The molecule has 23 heavy (non-hydrogen) atoms. The topological polar surface area (TPSA) is 60.0 Å². The molecule has 130 valence electrons. The van der Waals surface area contributed by atoms with E-state index in [4.69, 9.17) is 14.2 Å². The first-order valence-corrected chi connectivity index (χ1v) is 8.33. The van der Waals surface area contributed by atoms with E-state index < -0.39 is 6.10 Å². The van der Waals surface area contributed by atoms with Crippen LogP contribution in [-0.4, -0.2) is 49.2 Å². The Morgan fingerprint density at radius 2 is 1.96 bits per heavy atom. The van der Waals surface area contributed by atoms with Crippen LogP contribution < -0.4 is 14.8 Å². The molecular formula is C18H29NO4. The highest BCUT2D eigenvalue weighted by Crippen LogP contribution is 2.27. The number of β-amino-alcohol motifs (C(OH)–C–C–N with tert-alkyl or cyclic N) is 1. The second-order valence-corrected chi connectivity index (χ2v) is 6.99. The van der Waals surface area contributed by atoms with Crippen LogP contribution in [0.25, 0.3) is 0 Å². The average molecular weight is 323 g/mol. The molecule has 0 aliphatic carbocycles. The van der Waals surface area contributed by atoms with E-state index in [9.17, 15) is 5.11 Å². The Hall–Kier alpha value is -1.30. The van der Waals surface area contributed by atoms with Gasteiger partial charge >= 0.3 is 0 Å². The van der Waals surface area contributed by atoms with E-state index in [0.717, 1.165) is 19.4 Å². The first kappa shape index (κ1) is 18.0. The van der Waals surface area contributed by atoms with Crippen molar-refractivity contribution in [2.24, 2.45) is 0 Å². The van der Waals surface area contributed by atoms with Gasteiger partial charge < -0.3 is 24.6 Å². The number of ether oxygens (including phenoxy) is 3. The fraction of sp³-hybridized carbons (Fsp3) is 0.667. The SMILES string of the molecule is CC(C)(C)NC[C@H](O)COc1ccccc1OC[C@H]1CCCO1. The smallest absolute Gasteiger partial charge is 0.161 e. The lowest BCUT2D eigenvalue weighted by molar-refractivity contribution is 0.0644. The minimum absolute atomic E-state index is 0.0245. The molecule has 0 radical (unpaired) electrons. The molecule has 0 aromatic heterocycles. The van der Waals surface area contributed by atoms with Gasteiger partial charge in [0, 0.05) is 18.7 Å². The number of benzene rings is 1. The van der Waals surface area contributed by atoms with E-state index in [1.54, 1.807) is 0 Å². The Morgan fingerprint density at radius 3 is 2.57 bits per heavy atom. The van der Waals surface area contributed by atoms with Crippen LogP contribution in [0.15, 0.2) is 24.3 Å². The maximum atomic E-state index is 10.0. The average Bonchev–Trinajstić information content (AvgIpc) is 3.02. The summed E-state index contributed by atoms with van der Waals surface area (Å²) in [6, 6.07) is 7.54. The number of aliphatic hydroxyl groups is 1. The third-order valence-corrected chi connectivity index (χ3v) is 3.60. The van der Waals surface area contributed by atoms with Crippen molar-refractivity contribution < 1.29 is 19.3 Å². The van der Waals surface area contributed by atoms with Crippen molar-refractivity contribution in [3.05, 3.63) is 24.3 Å². The Balaban J connectivity index is 1.79. The van der Waals surface area contributed by atoms with Gasteiger partial charge in [0.05, 0.1) is 6.10 Å². The third-order valence-electron chi connectivity index (χ3n) is 3.60. The number of rotatable bonds is 8. The van der Waals surface area contributed by atoms with E-state index >= 15 is 0 Å². The van der Waals surface area contributed by atoms with Crippen LogP contribution in [-0.2, 0) is 4.74 Å². The van der Waals surface area contributed by atoms with Crippen molar-refractivity contribution in [1.29, 1.82) is 0 Å². The van der Waals surface area contributed by atoms with E-state index in [1.165, 1.54) is 0 Å². The fourth-order valence-corrected chi connectivity index (χ4v) is 2.32. The standard InChI is InChI=1S/C18H29NO4/c1-18(2,3)19-11-14(20)12-22-16-8-4-5-9-17(16)23-13-15-7-6-10-21-15/h4-5,8-9,14-15,19-20H,6-7,10-13H2,1-3H3/t14-,15+/m0/s1. The molecule has 0 saturated carbocycles. The number of hydrogen-bond acceptors (Lipinski definition) is 5. The number of aliphatic hydroxyl groups excluding tert-OH is 1. The van der Waals surface area contributed by atoms with Gasteiger partial charge in [-0.05, 0) is 45.7 Å². The van der Waals surface area contributed by atoms with Crippen LogP contribution in [0.3, 0.4) is 0 Å². The maximum absolute atomic E-state index is 10.0. The molecule has 0 unspecified atom stereocenters. The molecule has 1 aromatic rings. The fourth-order valence-electron chi connectivity index (χ4n) is 2.32. The van der Waals surface area contributed by atoms with Gasteiger partial charge in [0.1, 0.15) is 19.3 Å². The summed E-state index contributed by atoms with van der Waals surface area (Å²) in [4.78, 5) is 0. The van der Waals surface area contributed by atoms with Crippen LogP contribution in [0.5, 0.6) is 11.5 Å². The Bertz CT molecular complexity index is 466. The van der Waals surface area contributed by atoms with Gasteiger partial charge in [-0.3, -0.25) is 0 Å². The molecule has 0 bridgehead atoms. The van der Waals surface area contributed by atoms with Gasteiger partial charge in [0.25, 0.3) is 0 Å². The third kappa shape index (κ3) is 6.77. The first-order valence-electron chi connectivity index (χ1n) is 8.33. The number of para-hydroxylation sites is 2. The summed E-state index contributed by atoms with van der Waals surface area (Å²) in [6.45, 7) is 8.26. The number of hydrogen-bond donors (Lipinski definition) is 2. The molecule has 1 fully saturated rings. The normalized spacial score (nSPS) is 19.6. The summed E-state index contributed by atoms with van der Waals surface area (Å²) in [6.07, 6.45) is 1.74. The second-order valence-electron chi connectivity index (χ2n) is 6.99. The van der Waals surface area contributed by atoms with Crippen LogP contribution in [0.1, 0.15) is 33.6 Å². The van der Waals surface area contributed by atoms with Crippen LogP contribution >= 0.6 is 0 Å². The van der Waals surface area contributed by atoms with Gasteiger partial charge in [-0.2, -0.15) is 0 Å². The monoisotopic (exact) mass is 323 g/mol. The summed E-state index contributed by atoms with van der Waals surface area (Å²) in [5.41, 5.74) is -0.0245. The van der Waals surface area contributed by atoms with Crippen LogP contribution in [0.2, 0.25) is 0 Å². The maximum Gasteiger partial charge on any atom is 0.161 e. The van der Waals surface area contributed by atoms with Crippen molar-refractivity contribution in [2.75, 3.05) is 26.4 Å². The Kier molecular flexibility index (Phi) is 6.69. The molecule has 2 atom stereocenters. The van der Waals surface area contributed by atoms with Crippen molar-refractivity contribution in [2.45, 2.75) is 51.4 Å². The molecule has 2 N–H and O–H groups in total. The summed E-state index contributed by atoms with van der Waals surface area (Å²) in [5, 5.41) is 13.3. The predicted molar refractivity (Wildman–Crippen MR) is 90.2 cm³/mol. The van der Waals surface area contributed by atoms with Crippen molar-refractivity contribution in [3.8, 4) is 11.5 Å². The summed E-state index contributed by atoms with van der Waals surface area (Å²) in [7, 11) is 0. The van der Waals surface area contributed by atoms with Crippen molar-refractivity contribution in [3.63, 3.8) is 0 Å². The zero-order chi connectivity index (χ0) is 16.7. The largest absolute Gasteiger partial charge is 0.487 e. The zero-order valence-electron chi connectivity index (χ0n) is 14.4. The molecule has 5 heteroatoms. The highest BCUT2D eigenvalue weighted by molar-refractivity contribution is 5.39. The molecular weight excluding hydrogens is 294 g/mol. The molecule has 1 aliphatic heterocycles. The van der Waals surface area contributed by atoms with E-state index in [1.807, 2.05) is 24.3 Å². The Morgan fingerprint density at radius 1 is 1.26 bits per heavy atom. The molecule has 5 nitrogen and oxygen atoms in total. The number of nitrogens with one attached hydrogen (secondary N) is 1. The highest BCUT2D eigenvalue weighted by atomic mass is 16.6. The van der Waals surface area contributed by atoms with E-state index in [-0.39, 0.29) is 18.2 Å². The minimum Gasteiger partial charge on any atom is -0.487 e. The summed E-state index contributed by atoms with van der Waals surface area (Å²) in [5.74, 6) is 1.35. The lowest BCUT2D eigenvalue weighted by atomic mass is 10.1. The summed E-state index contributed by atoms with van der Waals surface area (Å²) >= 11 is 0. The lowest BCUT2D eigenvalue weighted by Gasteiger charge is -2.23. The van der Waals surface area contributed by atoms with E-state index in [2.05, 4.69) is 26.1 Å². The Labute approximate surface area is 138 Å². The van der Waals surface area contributed by atoms with Crippen molar-refractivity contribution in [1.82, 2.24) is 5.32 Å². The molecule has 0 spiro atoms.